The van der Waals surface area contributed by atoms with E-state index in [0.29, 0.717) is 11.8 Å². The summed E-state index contributed by atoms with van der Waals surface area (Å²) in [5.74, 6) is 1.42. The van der Waals surface area contributed by atoms with Gasteiger partial charge in [-0.3, -0.25) is 0 Å². The Morgan fingerprint density at radius 1 is 0.625 bits per heavy atom. The largest absolute Gasteiger partial charge is 0.241 e. The molecule has 4 heteroatoms. The summed E-state index contributed by atoms with van der Waals surface area (Å²) in [7, 11) is 0. The Bertz CT molecular complexity index is 732. The fourth-order valence-corrected chi connectivity index (χ4v) is 6.74. The highest BCUT2D eigenvalue weighted by molar-refractivity contribution is 7.20. The average molecular weight is 357 g/mol. The Morgan fingerprint density at radius 2 is 1.04 bits per heavy atom. The molecule has 0 unspecified atom stereocenters. The number of hydrogen-bond acceptors (Lipinski definition) is 4. The van der Waals surface area contributed by atoms with Gasteiger partial charge in [-0.1, -0.05) is 38.5 Å². The first-order valence-corrected chi connectivity index (χ1v) is 11.2. The van der Waals surface area contributed by atoms with Crippen LogP contribution in [0.3, 0.4) is 0 Å². The first-order valence-electron chi connectivity index (χ1n) is 9.58. The van der Waals surface area contributed by atoms with E-state index >= 15 is 0 Å². The Balaban J connectivity index is 1.49. The maximum Gasteiger partial charge on any atom is 0.0969 e. The predicted molar refractivity (Wildman–Crippen MR) is 104 cm³/mol. The Labute approximate surface area is 151 Å². The van der Waals surface area contributed by atoms with E-state index in [4.69, 9.17) is 9.97 Å². The summed E-state index contributed by atoms with van der Waals surface area (Å²) in [5, 5.41) is 2.74. The van der Waals surface area contributed by atoms with Crippen LogP contribution in [-0.2, 0) is 0 Å². The van der Waals surface area contributed by atoms with Crippen molar-refractivity contribution in [1.82, 2.24) is 9.97 Å². The lowest BCUT2D eigenvalue weighted by Crippen LogP contribution is -2.03. The SMILES string of the molecule is c1c2nc(C3CCCCC3)sc2cc2nc(C3CCCCC3)sc12. The maximum atomic E-state index is 5.01. The molecule has 2 aliphatic carbocycles. The highest BCUT2D eigenvalue weighted by atomic mass is 32.1. The van der Waals surface area contributed by atoms with Crippen LogP contribution < -0.4 is 0 Å². The summed E-state index contributed by atoms with van der Waals surface area (Å²) < 4.78 is 2.67. The molecule has 0 atom stereocenters. The summed E-state index contributed by atoms with van der Waals surface area (Å²) in [5.41, 5.74) is 2.40. The molecule has 2 heterocycles. The first kappa shape index (κ1) is 15.3. The maximum absolute atomic E-state index is 5.01. The summed E-state index contributed by atoms with van der Waals surface area (Å²) in [6, 6.07) is 4.61. The topological polar surface area (TPSA) is 25.8 Å². The second-order valence-electron chi connectivity index (χ2n) is 7.56. The fraction of sp³-hybridized carbons (Fsp3) is 0.600. The van der Waals surface area contributed by atoms with Crippen LogP contribution in [0.25, 0.3) is 20.4 Å². The van der Waals surface area contributed by atoms with Gasteiger partial charge in [0.15, 0.2) is 0 Å². The third-order valence-electron chi connectivity index (χ3n) is 5.84. The molecule has 24 heavy (non-hydrogen) atoms. The van der Waals surface area contributed by atoms with Crippen LogP contribution in [0.1, 0.15) is 86.1 Å². The minimum Gasteiger partial charge on any atom is -0.241 e. The van der Waals surface area contributed by atoms with E-state index in [-0.39, 0.29) is 0 Å². The number of nitrogens with zero attached hydrogens (tertiary/aromatic N) is 2. The van der Waals surface area contributed by atoms with Gasteiger partial charge < -0.3 is 0 Å². The second-order valence-corrected chi connectivity index (χ2v) is 9.69. The third kappa shape index (κ3) is 2.78. The van der Waals surface area contributed by atoms with E-state index in [2.05, 4.69) is 12.1 Å². The Hall–Kier alpha value is -1.00. The quantitative estimate of drug-likeness (QED) is 0.494. The molecule has 2 aliphatic rings. The summed E-state index contributed by atoms with van der Waals surface area (Å²) in [4.78, 5) is 10.0. The molecule has 0 N–H and O–H groups in total. The molecule has 2 aromatic heterocycles. The van der Waals surface area contributed by atoms with Crippen LogP contribution in [0, 0.1) is 0 Å². The van der Waals surface area contributed by atoms with Crippen LogP contribution in [-0.4, -0.2) is 9.97 Å². The van der Waals surface area contributed by atoms with Gasteiger partial charge in [-0.25, -0.2) is 9.97 Å². The molecule has 0 amide bonds. The van der Waals surface area contributed by atoms with Crippen LogP contribution in [0.5, 0.6) is 0 Å². The molecule has 2 saturated carbocycles. The van der Waals surface area contributed by atoms with Gasteiger partial charge in [-0.2, -0.15) is 0 Å². The van der Waals surface area contributed by atoms with E-state index in [9.17, 15) is 0 Å². The molecule has 2 nitrogen and oxygen atoms in total. The molecule has 0 saturated heterocycles. The van der Waals surface area contributed by atoms with Crippen molar-refractivity contribution in [3.63, 3.8) is 0 Å². The number of aromatic nitrogens is 2. The molecule has 5 rings (SSSR count). The van der Waals surface area contributed by atoms with Crippen LogP contribution in [0.15, 0.2) is 12.1 Å². The number of fused-ring (bicyclic) bond motifs is 2. The van der Waals surface area contributed by atoms with Crippen LogP contribution in [0.4, 0.5) is 0 Å². The van der Waals surface area contributed by atoms with Crippen molar-refractivity contribution in [2.45, 2.75) is 76.0 Å². The lowest BCUT2D eigenvalue weighted by molar-refractivity contribution is 0.443. The van der Waals surface area contributed by atoms with Gasteiger partial charge in [0.2, 0.25) is 0 Å². The van der Waals surface area contributed by atoms with Gasteiger partial charge in [0.1, 0.15) is 0 Å². The summed E-state index contributed by atoms with van der Waals surface area (Å²) in [6.45, 7) is 0. The molecular formula is C20H24N2S2. The van der Waals surface area contributed by atoms with Gasteiger partial charge >= 0.3 is 0 Å². The van der Waals surface area contributed by atoms with Gasteiger partial charge in [-0.05, 0) is 37.8 Å². The van der Waals surface area contributed by atoms with Gasteiger partial charge in [0.05, 0.1) is 30.4 Å². The van der Waals surface area contributed by atoms with Gasteiger partial charge in [0.25, 0.3) is 0 Å². The zero-order valence-electron chi connectivity index (χ0n) is 14.1. The smallest absolute Gasteiger partial charge is 0.0969 e. The number of benzene rings is 1. The van der Waals surface area contributed by atoms with Crippen molar-refractivity contribution >= 4 is 43.1 Å². The summed E-state index contributed by atoms with van der Waals surface area (Å²) in [6.07, 6.45) is 13.6. The van der Waals surface area contributed by atoms with Gasteiger partial charge in [-0.15, -0.1) is 22.7 Å². The average Bonchev–Trinajstić information content (AvgIpc) is 3.24. The van der Waals surface area contributed by atoms with Crippen molar-refractivity contribution in [3.8, 4) is 0 Å². The van der Waals surface area contributed by atoms with Gasteiger partial charge in [0, 0.05) is 11.8 Å². The van der Waals surface area contributed by atoms with E-state index in [1.165, 1.54) is 94.7 Å². The van der Waals surface area contributed by atoms with Crippen molar-refractivity contribution < 1.29 is 0 Å². The molecule has 2 fully saturated rings. The second kappa shape index (κ2) is 6.38. The van der Waals surface area contributed by atoms with E-state index in [0.717, 1.165) is 0 Å². The summed E-state index contributed by atoms with van der Waals surface area (Å²) >= 11 is 3.83. The number of thiazole rings is 2. The highest BCUT2D eigenvalue weighted by Crippen LogP contribution is 2.40. The molecule has 0 aliphatic heterocycles. The van der Waals surface area contributed by atoms with E-state index in [1.54, 1.807) is 0 Å². The van der Waals surface area contributed by atoms with Crippen LogP contribution >= 0.6 is 22.7 Å². The van der Waals surface area contributed by atoms with E-state index in [1.807, 2.05) is 22.7 Å². The van der Waals surface area contributed by atoms with Crippen molar-refractivity contribution in [1.29, 1.82) is 0 Å². The molecule has 0 radical (unpaired) electrons. The standard InChI is InChI=1S/C20H24N2S2/c1-3-7-13(8-4-1)19-21-15-11-18-16(12-17(15)23-19)22-20(24-18)14-9-5-2-6-10-14/h11-14H,1-10H2. The third-order valence-corrected chi connectivity index (χ3v) is 8.20. The predicted octanol–water partition coefficient (Wildman–Crippen LogP) is 7.00. The van der Waals surface area contributed by atoms with Crippen molar-refractivity contribution in [3.05, 3.63) is 22.1 Å². The number of rotatable bonds is 2. The van der Waals surface area contributed by atoms with Crippen molar-refractivity contribution in [2.75, 3.05) is 0 Å². The molecular weight excluding hydrogens is 332 g/mol. The zero-order chi connectivity index (χ0) is 15.9. The lowest BCUT2D eigenvalue weighted by Gasteiger charge is -2.18. The van der Waals surface area contributed by atoms with Crippen molar-refractivity contribution in [2.24, 2.45) is 0 Å². The normalized spacial score (nSPS) is 21.0. The minimum atomic E-state index is 0.708. The van der Waals surface area contributed by atoms with E-state index < -0.39 is 0 Å². The Kier molecular flexibility index (Phi) is 4.06. The number of hydrogen-bond donors (Lipinski definition) is 0. The first-order chi connectivity index (χ1) is 11.9. The molecule has 1 aromatic carbocycles. The zero-order valence-corrected chi connectivity index (χ0v) is 15.7. The molecule has 126 valence electrons. The lowest BCUT2D eigenvalue weighted by atomic mass is 9.90. The molecule has 0 spiro atoms. The fourth-order valence-electron chi connectivity index (χ4n) is 4.43. The van der Waals surface area contributed by atoms with Crippen LogP contribution in [0.2, 0.25) is 0 Å². The highest BCUT2D eigenvalue weighted by Gasteiger charge is 2.22. The Morgan fingerprint density at radius 3 is 1.46 bits per heavy atom. The minimum absolute atomic E-state index is 0.708. The molecule has 3 aromatic rings. The molecule has 0 bridgehead atoms. The monoisotopic (exact) mass is 356 g/mol.